The summed E-state index contributed by atoms with van der Waals surface area (Å²) in [6.07, 6.45) is 3.61. The molecule has 0 aliphatic carbocycles. The lowest BCUT2D eigenvalue weighted by atomic mass is 10.0. The van der Waals surface area contributed by atoms with Gasteiger partial charge < -0.3 is 15.5 Å². The second kappa shape index (κ2) is 9.63. The quantitative estimate of drug-likeness (QED) is 0.811. The van der Waals surface area contributed by atoms with Gasteiger partial charge in [0.2, 0.25) is 5.91 Å². The number of hydrogen-bond acceptors (Lipinski definition) is 3. The van der Waals surface area contributed by atoms with Gasteiger partial charge in [0.1, 0.15) is 0 Å². The van der Waals surface area contributed by atoms with E-state index in [-0.39, 0.29) is 24.5 Å². The van der Waals surface area contributed by atoms with Gasteiger partial charge >= 0.3 is 6.03 Å². The van der Waals surface area contributed by atoms with Crippen molar-refractivity contribution in [3.63, 3.8) is 0 Å². The summed E-state index contributed by atoms with van der Waals surface area (Å²) in [4.78, 5) is 27.4. The van der Waals surface area contributed by atoms with Gasteiger partial charge in [-0.25, -0.2) is 4.79 Å². The van der Waals surface area contributed by atoms with Crippen molar-refractivity contribution in [1.82, 2.24) is 20.4 Å². The third-order valence-corrected chi connectivity index (χ3v) is 4.64. The maximum absolute atomic E-state index is 12.1. The Balaban J connectivity index is 1.95. The Morgan fingerprint density at radius 3 is 2.36 bits per heavy atom. The Hall–Kier alpha value is -1.79. The predicted octanol–water partition coefficient (Wildman–Crippen LogP) is 2.25. The molecule has 2 N–H and O–H groups in total. The molecule has 7 heteroatoms. The van der Waals surface area contributed by atoms with Crippen LogP contribution in [0.4, 0.5) is 4.79 Å². The lowest BCUT2D eigenvalue weighted by molar-refractivity contribution is -0.120. The van der Waals surface area contributed by atoms with E-state index in [0.29, 0.717) is 11.6 Å². The minimum absolute atomic E-state index is 0.0235. The first-order valence-electron chi connectivity index (χ1n) is 8.68. The number of likely N-dealkylation sites (tertiary alicyclic amines) is 1. The number of hydrogen-bond donors (Lipinski definition) is 2. The van der Waals surface area contributed by atoms with Gasteiger partial charge in [0.05, 0.1) is 12.6 Å². The maximum atomic E-state index is 12.1. The van der Waals surface area contributed by atoms with Crippen LogP contribution in [-0.2, 0) is 4.79 Å². The highest BCUT2D eigenvalue weighted by molar-refractivity contribution is 6.30. The SMILES string of the molecule is CN(C)C(=O)NCC(=O)NC[C@H](c1ccc(Cl)cc1)N1CCCCC1. The lowest BCUT2D eigenvalue weighted by Gasteiger charge is -2.35. The van der Waals surface area contributed by atoms with E-state index in [2.05, 4.69) is 15.5 Å². The fourth-order valence-corrected chi connectivity index (χ4v) is 3.09. The molecule has 0 bridgehead atoms. The number of halogens is 1. The minimum atomic E-state index is -0.277. The molecular formula is C18H27ClN4O2. The Kier molecular flexibility index (Phi) is 7.52. The van der Waals surface area contributed by atoms with Gasteiger partial charge in [0.25, 0.3) is 0 Å². The molecule has 6 nitrogen and oxygen atoms in total. The fourth-order valence-electron chi connectivity index (χ4n) is 2.96. The van der Waals surface area contributed by atoms with Crippen molar-refractivity contribution in [2.24, 2.45) is 0 Å². The average Bonchev–Trinajstić information content (AvgIpc) is 2.62. The van der Waals surface area contributed by atoms with Crippen LogP contribution in [0.25, 0.3) is 0 Å². The fraction of sp³-hybridized carbons (Fsp3) is 0.556. The molecule has 0 radical (unpaired) electrons. The van der Waals surface area contributed by atoms with E-state index in [1.165, 1.54) is 24.2 Å². The Bertz CT molecular complexity index is 571. The standard InChI is InChI=1S/C18H27ClN4O2/c1-22(2)18(25)21-13-17(24)20-12-16(23-10-4-3-5-11-23)14-6-8-15(19)9-7-14/h6-9,16H,3-5,10-13H2,1-2H3,(H,20,24)(H,21,25)/t16-/m1/s1. The third-order valence-electron chi connectivity index (χ3n) is 4.39. The van der Waals surface area contributed by atoms with Crippen LogP contribution in [0.2, 0.25) is 5.02 Å². The molecule has 1 atom stereocenters. The molecule has 1 fully saturated rings. The monoisotopic (exact) mass is 366 g/mol. The van der Waals surface area contributed by atoms with Crippen LogP contribution in [0.3, 0.4) is 0 Å². The summed E-state index contributed by atoms with van der Waals surface area (Å²) in [5.74, 6) is -0.189. The summed E-state index contributed by atoms with van der Waals surface area (Å²) in [5.41, 5.74) is 1.14. The summed E-state index contributed by atoms with van der Waals surface area (Å²) >= 11 is 6.00. The van der Waals surface area contributed by atoms with E-state index in [1.807, 2.05) is 24.3 Å². The average molecular weight is 367 g/mol. The molecular weight excluding hydrogens is 340 g/mol. The lowest BCUT2D eigenvalue weighted by Crippen LogP contribution is -2.45. The van der Waals surface area contributed by atoms with Gasteiger partial charge in [-0.15, -0.1) is 0 Å². The molecule has 0 unspecified atom stereocenters. The highest BCUT2D eigenvalue weighted by atomic mass is 35.5. The maximum Gasteiger partial charge on any atom is 0.317 e. The molecule has 0 saturated carbocycles. The number of piperidine rings is 1. The normalized spacial score (nSPS) is 16.1. The molecule has 1 aliphatic rings. The largest absolute Gasteiger partial charge is 0.353 e. The second-order valence-corrected chi connectivity index (χ2v) is 6.96. The smallest absolute Gasteiger partial charge is 0.317 e. The number of nitrogens with one attached hydrogen (secondary N) is 2. The zero-order valence-corrected chi connectivity index (χ0v) is 15.7. The minimum Gasteiger partial charge on any atom is -0.353 e. The molecule has 3 amide bonds. The van der Waals surface area contributed by atoms with Crippen molar-refractivity contribution in [3.05, 3.63) is 34.9 Å². The van der Waals surface area contributed by atoms with E-state index in [0.717, 1.165) is 18.7 Å². The molecule has 25 heavy (non-hydrogen) atoms. The number of carbonyl (C=O) groups excluding carboxylic acids is 2. The summed E-state index contributed by atoms with van der Waals surface area (Å²) in [7, 11) is 3.28. The molecule has 1 saturated heterocycles. The van der Waals surface area contributed by atoms with Gasteiger partial charge in [0.15, 0.2) is 0 Å². The van der Waals surface area contributed by atoms with E-state index in [9.17, 15) is 9.59 Å². The number of carbonyl (C=O) groups is 2. The van der Waals surface area contributed by atoms with Crippen LogP contribution < -0.4 is 10.6 Å². The molecule has 0 spiro atoms. The van der Waals surface area contributed by atoms with Crippen molar-refractivity contribution in [2.75, 3.05) is 40.3 Å². The zero-order valence-electron chi connectivity index (χ0n) is 14.9. The Morgan fingerprint density at radius 1 is 1.12 bits per heavy atom. The summed E-state index contributed by atoms with van der Waals surface area (Å²) in [5, 5.41) is 6.22. The zero-order chi connectivity index (χ0) is 18.2. The number of urea groups is 1. The van der Waals surface area contributed by atoms with Crippen molar-refractivity contribution in [2.45, 2.75) is 25.3 Å². The van der Waals surface area contributed by atoms with E-state index < -0.39 is 0 Å². The first-order chi connectivity index (χ1) is 12.0. The predicted molar refractivity (Wildman–Crippen MR) is 99.7 cm³/mol. The number of rotatable bonds is 6. The number of benzene rings is 1. The van der Waals surface area contributed by atoms with Gasteiger partial charge in [-0.3, -0.25) is 9.69 Å². The molecule has 0 aromatic heterocycles. The van der Waals surface area contributed by atoms with Gasteiger partial charge in [0, 0.05) is 25.7 Å². The van der Waals surface area contributed by atoms with Crippen LogP contribution >= 0.6 is 11.6 Å². The first kappa shape index (κ1) is 19.5. The van der Waals surface area contributed by atoms with Crippen LogP contribution in [0, 0.1) is 0 Å². The molecule has 1 aromatic rings. The first-order valence-corrected chi connectivity index (χ1v) is 9.06. The van der Waals surface area contributed by atoms with Gasteiger partial charge in [-0.1, -0.05) is 30.2 Å². The highest BCUT2D eigenvalue weighted by Crippen LogP contribution is 2.25. The van der Waals surface area contributed by atoms with E-state index >= 15 is 0 Å². The van der Waals surface area contributed by atoms with Gasteiger partial charge in [-0.2, -0.15) is 0 Å². The molecule has 138 valence electrons. The summed E-state index contributed by atoms with van der Waals surface area (Å²) in [6.45, 7) is 2.55. The molecule has 1 aromatic carbocycles. The van der Waals surface area contributed by atoms with Crippen LogP contribution in [0.5, 0.6) is 0 Å². The molecule has 1 aliphatic heterocycles. The van der Waals surface area contributed by atoms with Crippen molar-refractivity contribution >= 4 is 23.5 Å². The number of nitrogens with zero attached hydrogens (tertiary/aromatic N) is 2. The second-order valence-electron chi connectivity index (χ2n) is 6.52. The van der Waals surface area contributed by atoms with Crippen LogP contribution in [0.1, 0.15) is 30.9 Å². The van der Waals surface area contributed by atoms with Crippen LogP contribution in [0.15, 0.2) is 24.3 Å². The Morgan fingerprint density at radius 2 is 1.76 bits per heavy atom. The van der Waals surface area contributed by atoms with Gasteiger partial charge in [-0.05, 0) is 43.6 Å². The molecule has 1 heterocycles. The van der Waals surface area contributed by atoms with E-state index in [4.69, 9.17) is 11.6 Å². The van der Waals surface area contributed by atoms with E-state index in [1.54, 1.807) is 14.1 Å². The van der Waals surface area contributed by atoms with Crippen molar-refractivity contribution in [3.8, 4) is 0 Å². The summed E-state index contributed by atoms with van der Waals surface area (Å²) < 4.78 is 0. The third kappa shape index (κ3) is 6.21. The summed E-state index contributed by atoms with van der Waals surface area (Å²) in [6, 6.07) is 7.63. The Labute approximate surface area is 154 Å². The highest BCUT2D eigenvalue weighted by Gasteiger charge is 2.23. The van der Waals surface area contributed by atoms with Crippen LogP contribution in [-0.4, -0.2) is 62.0 Å². The number of amides is 3. The molecule has 2 rings (SSSR count). The topological polar surface area (TPSA) is 64.7 Å². The van der Waals surface area contributed by atoms with Crippen molar-refractivity contribution in [1.29, 1.82) is 0 Å². The van der Waals surface area contributed by atoms with Crippen molar-refractivity contribution < 1.29 is 9.59 Å².